The van der Waals surface area contributed by atoms with Gasteiger partial charge in [-0.05, 0) is 37.7 Å². The van der Waals surface area contributed by atoms with Crippen LogP contribution in [0.25, 0.3) is 0 Å². The number of thiazole rings is 1. The van der Waals surface area contributed by atoms with Crippen LogP contribution in [0.2, 0.25) is 0 Å². The van der Waals surface area contributed by atoms with E-state index in [1.807, 2.05) is 17.0 Å². The Morgan fingerprint density at radius 3 is 2.78 bits per heavy atom. The summed E-state index contributed by atoms with van der Waals surface area (Å²) in [4.78, 5) is 8.97. The van der Waals surface area contributed by atoms with Crippen molar-refractivity contribution >= 4 is 17.0 Å². The number of halogens is 1. The smallest absolute Gasteiger partial charge is 0.123 e. The Morgan fingerprint density at radius 2 is 2.09 bits per heavy atom. The molecule has 4 nitrogen and oxygen atoms in total. The number of hydrogen-bond donors (Lipinski definition) is 1. The van der Waals surface area contributed by atoms with Gasteiger partial charge in [0.25, 0.3) is 0 Å². The number of benzene rings is 1. The number of nitrogens with one attached hydrogen (secondary N) is 1. The molecule has 1 aliphatic heterocycles. The van der Waals surface area contributed by atoms with Gasteiger partial charge in [0.2, 0.25) is 0 Å². The lowest BCUT2D eigenvalue weighted by molar-refractivity contribution is 0.312. The zero-order valence-corrected chi connectivity index (χ0v) is 14.4. The molecule has 0 amide bonds. The average Bonchev–Trinajstić information content (AvgIpc) is 3.07. The molecule has 2 aromatic rings. The largest absolute Gasteiger partial charge is 0.369 e. The highest BCUT2D eigenvalue weighted by Gasteiger charge is 2.20. The van der Waals surface area contributed by atoms with E-state index in [2.05, 4.69) is 34.1 Å². The van der Waals surface area contributed by atoms with Crippen LogP contribution in [-0.4, -0.2) is 43.1 Å². The van der Waals surface area contributed by atoms with Gasteiger partial charge in [0.05, 0.1) is 11.2 Å². The number of hydrogen-bond acceptors (Lipinski definition) is 5. The van der Waals surface area contributed by atoms with E-state index >= 15 is 0 Å². The van der Waals surface area contributed by atoms with E-state index in [1.165, 1.54) is 0 Å². The van der Waals surface area contributed by atoms with Crippen molar-refractivity contribution in [1.82, 2.24) is 15.2 Å². The van der Waals surface area contributed by atoms with Gasteiger partial charge in [0, 0.05) is 49.8 Å². The predicted octanol–water partition coefficient (Wildman–Crippen LogP) is 2.88. The summed E-state index contributed by atoms with van der Waals surface area (Å²) >= 11 is 1.59. The number of anilines is 1. The molecule has 0 spiro atoms. The standard InChI is InChI=1S/C17H23FN4S/c1-13(19-10-15-11-23-12-20-15)16-9-14(18)3-4-17(16)22-7-5-21(2)6-8-22/h3-4,9,11-13,19H,5-8,10H2,1-2H3/t13-/m0/s1. The molecule has 6 heteroatoms. The minimum atomic E-state index is -0.180. The summed E-state index contributed by atoms with van der Waals surface area (Å²) in [5.74, 6) is -0.180. The second-order valence-electron chi connectivity index (χ2n) is 6.08. The quantitative estimate of drug-likeness (QED) is 0.911. The van der Waals surface area contributed by atoms with Crippen LogP contribution in [0.1, 0.15) is 24.2 Å². The third kappa shape index (κ3) is 4.07. The minimum absolute atomic E-state index is 0.0713. The highest BCUT2D eigenvalue weighted by atomic mass is 32.1. The first-order chi connectivity index (χ1) is 11.1. The van der Waals surface area contributed by atoms with Crippen molar-refractivity contribution < 1.29 is 4.39 Å². The molecule has 1 N–H and O–H groups in total. The van der Waals surface area contributed by atoms with Crippen LogP contribution in [0.4, 0.5) is 10.1 Å². The monoisotopic (exact) mass is 334 g/mol. The fourth-order valence-corrected chi connectivity index (χ4v) is 3.46. The third-order valence-electron chi connectivity index (χ3n) is 4.37. The van der Waals surface area contributed by atoms with Crippen LogP contribution in [0.15, 0.2) is 29.1 Å². The first-order valence-corrected chi connectivity index (χ1v) is 8.91. The second kappa shape index (κ2) is 7.38. The summed E-state index contributed by atoms with van der Waals surface area (Å²) in [5, 5.41) is 5.49. The van der Waals surface area contributed by atoms with Gasteiger partial charge in [-0.25, -0.2) is 9.37 Å². The Balaban J connectivity index is 1.75. The molecule has 1 aromatic heterocycles. The molecule has 1 fully saturated rings. The lowest BCUT2D eigenvalue weighted by Gasteiger charge is -2.36. The molecule has 1 saturated heterocycles. The van der Waals surface area contributed by atoms with Crippen LogP contribution in [-0.2, 0) is 6.54 Å². The number of aromatic nitrogens is 1. The summed E-state index contributed by atoms with van der Waals surface area (Å²) in [6, 6.07) is 5.20. The van der Waals surface area contributed by atoms with E-state index in [0.29, 0.717) is 6.54 Å². The highest BCUT2D eigenvalue weighted by Crippen LogP contribution is 2.28. The molecule has 0 radical (unpaired) electrons. The molecule has 1 aromatic carbocycles. The number of likely N-dealkylation sites (N-methyl/N-ethyl adjacent to an activating group) is 1. The van der Waals surface area contributed by atoms with Gasteiger partial charge in [-0.15, -0.1) is 11.3 Å². The first kappa shape index (κ1) is 16.4. The molecule has 0 bridgehead atoms. The third-order valence-corrected chi connectivity index (χ3v) is 5.01. The fraction of sp³-hybridized carbons (Fsp3) is 0.471. The van der Waals surface area contributed by atoms with Crippen molar-refractivity contribution in [3.8, 4) is 0 Å². The summed E-state index contributed by atoms with van der Waals surface area (Å²) in [7, 11) is 2.14. The molecular weight excluding hydrogens is 311 g/mol. The Morgan fingerprint density at radius 1 is 1.30 bits per heavy atom. The fourth-order valence-electron chi connectivity index (χ4n) is 2.90. The second-order valence-corrected chi connectivity index (χ2v) is 6.79. The van der Waals surface area contributed by atoms with Gasteiger partial charge in [-0.1, -0.05) is 0 Å². The molecule has 3 rings (SSSR count). The number of rotatable bonds is 5. The summed E-state index contributed by atoms with van der Waals surface area (Å²) in [6.07, 6.45) is 0. The SMILES string of the molecule is C[C@H](NCc1cscn1)c1cc(F)ccc1N1CCN(C)CC1. The van der Waals surface area contributed by atoms with Crippen molar-refractivity contribution in [1.29, 1.82) is 0 Å². The lowest BCUT2D eigenvalue weighted by atomic mass is 10.0. The maximum absolute atomic E-state index is 13.8. The zero-order chi connectivity index (χ0) is 16.2. The average molecular weight is 334 g/mol. The van der Waals surface area contributed by atoms with E-state index < -0.39 is 0 Å². The van der Waals surface area contributed by atoms with Gasteiger partial charge in [0.1, 0.15) is 5.82 Å². The van der Waals surface area contributed by atoms with Gasteiger partial charge in [0.15, 0.2) is 0 Å². The van der Waals surface area contributed by atoms with Gasteiger partial charge in [-0.3, -0.25) is 0 Å². The zero-order valence-electron chi connectivity index (χ0n) is 13.6. The molecule has 1 atom stereocenters. The van der Waals surface area contributed by atoms with Gasteiger partial charge in [-0.2, -0.15) is 0 Å². The molecule has 2 heterocycles. The van der Waals surface area contributed by atoms with E-state index in [1.54, 1.807) is 23.5 Å². The van der Waals surface area contributed by atoms with E-state index in [9.17, 15) is 4.39 Å². The molecule has 1 aliphatic rings. The molecule has 124 valence electrons. The van der Waals surface area contributed by atoms with Crippen LogP contribution in [0, 0.1) is 5.82 Å². The summed E-state index contributed by atoms with van der Waals surface area (Å²) in [5.41, 5.74) is 5.02. The normalized spacial score (nSPS) is 17.4. The summed E-state index contributed by atoms with van der Waals surface area (Å²) < 4.78 is 13.8. The minimum Gasteiger partial charge on any atom is -0.369 e. The van der Waals surface area contributed by atoms with Gasteiger partial charge < -0.3 is 15.1 Å². The molecular formula is C17H23FN4S. The van der Waals surface area contributed by atoms with Crippen molar-refractivity contribution in [2.24, 2.45) is 0 Å². The summed E-state index contributed by atoms with van der Waals surface area (Å²) in [6.45, 7) is 6.82. The maximum Gasteiger partial charge on any atom is 0.123 e. The topological polar surface area (TPSA) is 31.4 Å². The Bertz CT molecular complexity index is 624. The predicted molar refractivity (Wildman–Crippen MR) is 93.5 cm³/mol. The highest BCUT2D eigenvalue weighted by molar-refractivity contribution is 7.07. The number of nitrogens with zero attached hydrogens (tertiary/aromatic N) is 3. The first-order valence-electron chi connectivity index (χ1n) is 7.97. The van der Waals surface area contributed by atoms with E-state index in [0.717, 1.165) is 43.1 Å². The number of piperazine rings is 1. The molecule has 0 aliphatic carbocycles. The van der Waals surface area contributed by atoms with Gasteiger partial charge >= 0.3 is 0 Å². The van der Waals surface area contributed by atoms with Crippen LogP contribution >= 0.6 is 11.3 Å². The van der Waals surface area contributed by atoms with Crippen LogP contribution in [0.3, 0.4) is 0 Å². The van der Waals surface area contributed by atoms with E-state index in [4.69, 9.17) is 0 Å². The van der Waals surface area contributed by atoms with Crippen molar-refractivity contribution in [2.45, 2.75) is 19.5 Å². The van der Waals surface area contributed by atoms with Crippen molar-refractivity contribution in [2.75, 3.05) is 38.1 Å². The Labute approximate surface area is 140 Å². The van der Waals surface area contributed by atoms with Crippen molar-refractivity contribution in [3.05, 3.63) is 46.2 Å². The van der Waals surface area contributed by atoms with Crippen LogP contribution < -0.4 is 10.2 Å². The molecule has 0 unspecified atom stereocenters. The van der Waals surface area contributed by atoms with E-state index in [-0.39, 0.29) is 11.9 Å². The Kier molecular flexibility index (Phi) is 5.25. The lowest BCUT2D eigenvalue weighted by Crippen LogP contribution is -2.45. The molecule has 0 saturated carbocycles. The molecule has 23 heavy (non-hydrogen) atoms. The van der Waals surface area contributed by atoms with Crippen molar-refractivity contribution in [3.63, 3.8) is 0 Å². The Hall–Kier alpha value is -1.50. The maximum atomic E-state index is 13.8. The van der Waals surface area contributed by atoms with Crippen LogP contribution in [0.5, 0.6) is 0 Å².